The molecule has 0 N–H and O–H groups in total. The molecule has 176 valence electrons. The minimum absolute atomic E-state index is 0.0112. The molecule has 0 radical (unpaired) electrons. The number of nitrogens with zero attached hydrogens (tertiary/aromatic N) is 4. The fourth-order valence-corrected chi connectivity index (χ4v) is 7.71. The molecule has 2 aromatic carbocycles. The third kappa shape index (κ3) is 4.22. The Morgan fingerprint density at radius 3 is 2.50 bits per heavy atom. The average Bonchev–Trinajstić information content (AvgIpc) is 3.32. The quantitative estimate of drug-likeness (QED) is 0.538. The number of carbonyl (C=O) groups is 1. The minimum atomic E-state index is -3.77. The van der Waals surface area contributed by atoms with Crippen LogP contribution in [0.5, 0.6) is 0 Å². The van der Waals surface area contributed by atoms with Gasteiger partial charge in [-0.2, -0.15) is 9.57 Å². The molecule has 9 heteroatoms. The van der Waals surface area contributed by atoms with E-state index in [-0.39, 0.29) is 41.4 Å². The summed E-state index contributed by atoms with van der Waals surface area (Å²) in [5.41, 5.74) is 1.12. The second-order valence-electron chi connectivity index (χ2n) is 8.85. The van der Waals surface area contributed by atoms with Crippen molar-refractivity contribution in [3.63, 3.8) is 0 Å². The van der Waals surface area contributed by atoms with E-state index in [2.05, 4.69) is 6.07 Å². The van der Waals surface area contributed by atoms with Gasteiger partial charge in [0.15, 0.2) is 0 Å². The number of rotatable bonds is 4. The number of fused-ring (bicyclic) bond motifs is 1. The topological polar surface area (TPSA) is 94.4 Å². The smallest absolute Gasteiger partial charge is 0.244 e. The van der Waals surface area contributed by atoms with Gasteiger partial charge in [0.25, 0.3) is 0 Å². The average molecular weight is 495 g/mol. The number of nitriles is 1. The first-order valence-electron chi connectivity index (χ1n) is 11.6. The SMILES string of the molecule is N#Cc1ccccc1S(=O)(=O)N1CCC(C(=O)N2CCCC[C@H]2c2nc3ccccc3s2)CC1. The first-order chi connectivity index (χ1) is 16.5. The lowest BCUT2D eigenvalue weighted by atomic mass is 9.93. The van der Waals surface area contributed by atoms with Gasteiger partial charge in [0.1, 0.15) is 11.1 Å². The van der Waals surface area contributed by atoms with Gasteiger partial charge in [0, 0.05) is 25.6 Å². The highest BCUT2D eigenvalue weighted by Crippen LogP contribution is 2.37. The van der Waals surface area contributed by atoms with Gasteiger partial charge in [0.05, 0.1) is 26.7 Å². The summed E-state index contributed by atoms with van der Waals surface area (Å²) in [7, 11) is -3.77. The van der Waals surface area contributed by atoms with Crippen molar-refractivity contribution < 1.29 is 13.2 Å². The van der Waals surface area contributed by atoms with Crippen LogP contribution in [0, 0.1) is 17.2 Å². The number of sulfonamides is 1. The van der Waals surface area contributed by atoms with Gasteiger partial charge in [-0.3, -0.25) is 4.79 Å². The van der Waals surface area contributed by atoms with Crippen LogP contribution >= 0.6 is 11.3 Å². The van der Waals surface area contributed by atoms with Gasteiger partial charge in [-0.25, -0.2) is 13.4 Å². The van der Waals surface area contributed by atoms with E-state index in [0.717, 1.165) is 34.5 Å². The van der Waals surface area contributed by atoms with E-state index in [1.54, 1.807) is 23.5 Å². The van der Waals surface area contributed by atoms with Crippen LogP contribution < -0.4 is 0 Å². The summed E-state index contributed by atoms with van der Waals surface area (Å²) in [4.78, 5) is 20.4. The van der Waals surface area contributed by atoms with E-state index in [1.807, 2.05) is 29.2 Å². The molecule has 5 rings (SSSR count). The van der Waals surface area contributed by atoms with Crippen molar-refractivity contribution in [1.29, 1.82) is 5.26 Å². The number of carbonyl (C=O) groups excluding carboxylic acids is 1. The van der Waals surface area contributed by atoms with Gasteiger partial charge in [-0.05, 0) is 56.4 Å². The Bertz CT molecular complexity index is 1320. The highest BCUT2D eigenvalue weighted by Gasteiger charge is 2.38. The van der Waals surface area contributed by atoms with E-state index in [4.69, 9.17) is 4.98 Å². The van der Waals surface area contributed by atoms with Crippen molar-refractivity contribution in [2.75, 3.05) is 19.6 Å². The maximum atomic E-state index is 13.6. The predicted octanol–water partition coefficient (Wildman–Crippen LogP) is 4.32. The third-order valence-electron chi connectivity index (χ3n) is 6.81. The lowest BCUT2D eigenvalue weighted by Crippen LogP contribution is -2.46. The molecule has 2 fully saturated rings. The molecule has 3 aromatic rings. The molecule has 3 heterocycles. The number of thiazole rings is 1. The van der Waals surface area contributed by atoms with E-state index in [1.165, 1.54) is 16.4 Å². The number of hydrogen-bond donors (Lipinski definition) is 0. The number of amides is 1. The summed E-state index contributed by atoms with van der Waals surface area (Å²) in [6.07, 6.45) is 3.92. The Morgan fingerprint density at radius 2 is 1.74 bits per heavy atom. The van der Waals surface area contributed by atoms with Crippen LogP contribution in [0.3, 0.4) is 0 Å². The summed E-state index contributed by atoms with van der Waals surface area (Å²) in [6, 6.07) is 16.3. The van der Waals surface area contributed by atoms with Gasteiger partial charge in [-0.1, -0.05) is 24.3 Å². The van der Waals surface area contributed by atoms with Crippen molar-refractivity contribution in [2.24, 2.45) is 5.92 Å². The molecule has 1 aromatic heterocycles. The van der Waals surface area contributed by atoms with Crippen molar-refractivity contribution in [3.05, 3.63) is 59.1 Å². The lowest BCUT2D eigenvalue weighted by Gasteiger charge is -2.39. The minimum Gasteiger partial charge on any atom is -0.333 e. The Kier molecular flexibility index (Phi) is 6.38. The summed E-state index contributed by atoms with van der Waals surface area (Å²) in [6.45, 7) is 1.27. The third-order valence-corrected chi connectivity index (χ3v) is 9.90. The number of likely N-dealkylation sites (tertiary alicyclic amines) is 1. The van der Waals surface area contributed by atoms with Crippen LogP contribution in [0.25, 0.3) is 10.2 Å². The number of piperidine rings is 2. The van der Waals surface area contributed by atoms with Gasteiger partial charge in [0.2, 0.25) is 15.9 Å². The zero-order valence-corrected chi connectivity index (χ0v) is 20.4. The van der Waals surface area contributed by atoms with Crippen LogP contribution in [0.15, 0.2) is 53.4 Å². The van der Waals surface area contributed by atoms with Crippen LogP contribution in [-0.4, -0.2) is 48.1 Å². The maximum absolute atomic E-state index is 13.6. The lowest BCUT2D eigenvalue weighted by molar-refractivity contribution is -0.140. The van der Waals surface area contributed by atoms with Crippen LogP contribution in [0.1, 0.15) is 48.7 Å². The number of benzene rings is 2. The van der Waals surface area contributed by atoms with Crippen LogP contribution in [0.4, 0.5) is 0 Å². The maximum Gasteiger partial charge on any atom is 0.244 e. The van der Waals surface area contributed by atoms with E-state index >= 15 is 0 Å². The first-order valence-corrected chi connectivity index (χ1v) is 13.9. The number of hydrogen-bond acceptors (Lipinski definition) is 6. The van der Waals surface area contributed by atoms with Crippen molar-refractivity contribution >= 4 is 37.5 Å². The Morgan fingerprint density at radius 1 is 1.00 bits per heavy atom. The molecular formula is C25H26N4O3S2. The van der Waals surface area contributed by atoms with Crippen molar-refractivity contribution in [2.45, 2.75) is 43.0 Å². The molecule has 2 aliphatic rings. The zero-order valence-electron chi connectivity index (χ0n) is 18.8. The molecule has 34 heavy (non-hydrogen) atoms. The molecular weight excluding hydrogens is 468 g/mol. The Balaban J connectivity index is 1.30. The molecule has 0 spiro atoms. The highest BCUT2D eigenvalue weighted by molar-refractivity contribution is 7.89. The summed E-state index contributed by atoms with van der Waals surface area (Å²) in [5, 5.41) is 10.3. The zero-order chi connectivity index (χ0) is 23.7. The van der Waals surface area contributed by atoms with E-state index in [0.29, 0.717) is 19.4 Å². The second-order valence-corrected chi connectivity index (χ2v) is 11.8. The molecule has 2 saturated heterocycles. The van der Waals surface area contributed by atoms with Crippen LogP contribution in [0.2, 0.25) is 0 Å². The fraction of sp³-hybridized carbons (Fsp3) is 0.400. The summed E-state index contributed by atoms with van der Waals surface area (Å²) < 4.78 is 28.8. The molecule has 0 saturated carbocycles. The fourth-order valence-electron chi connectivity index (χ4n) is 4.99. The standard InChI is InChI=1S/C25H26N4O3S2/c26-17-19-7-1-4-11-23(19)34(31,32)28-15-12-18(13-16-28)25(30)29-14-6-5-9-21(29)24-27-20-8-2-3-10-22(20)33-24/h1-4,7-8,10-11,18,21H,5-6,9,12-16H2/t21-/m0/s1. The molecule has 0 unspecified atom stereocenters. The number of aromatic nitrogens is 1. The highest BCUT2D eigenvalue weighted by atomic mass is 32.2. The van der Waals surface area contributed by atoms with Crippen LogP contribution in [-0.2, 0) is 14.8 Å². The predicted molar refractivity (Wildman–Crippen MR) is 131 cm³/mol. The molecule has 7 nitrogen and oxygen atoms in total. The normalized spacial score (nSPS) is 20.3. The summed E-state index contributed by atoms with van der Waals surface area (Å²) in [5.74, 6) is -0.0916. The van der Waals surface area contributed by atoms with Crippen molar-refractivity contribution in [3.8, 4) is 6.07 Å². The second kappa shape index (κ2) is 9.45. The van der Waals surface area contributed by atoms with Crippen molar-refractivity contribution in [1.82, 2.24) is 14.2 Å². The molecule has 1 atom stereocenters. The largest absolute Gasteiger partial charge is 0.333 e. The molecule has 0 bridgehead atoms. The number of para-hydroxylation sites is 1. The van der Waals surface area contributed by atoms with E-state index in [9.17, 15) is 18.5 Å². The van der Waals surface area contributed by atoms with Gasteiger partial charge >= 0.3 is 0 Å². The van der Waals surface area contributed by atoms with Gasteiger partial charge < -0.3 is 4.90 Å². The molecule has 2 aliphatic heterocycles. The molecule has 1 amide bonds. The molecule has 0 aliphatic carbocycles. The van der Waals surface area contributed by atoms with E-state index < -0.39 is 10.0 Å². The van der Waals surface area contributed by atoms with Gasteiger partial charge in [-0.15, -0.1) is 11.3 Å². The Hall–Kier alpha value is -2.80. The Labute approximate surface area is 203 Å². The monoisotopic (exact) mass is 494 g/mol. The first kappa shape index (κ1) is 23.0. The summed E-state index contributed by atoms with van der Waals surface area (Å²) >= 11 is 1.66.